The minimum atomic E-state index is -0.00274. The lowest BCUT2D eigenvalue weighted by Gasteiger charge is -2.33. The predicted molar refractivity (Wildman–Crippen MR) is 116 cm³/mol. The summed E-state index contributed by atoms with van der Waals surface area (Å²) < 4.78 is 10.6. The fourth-order valence-corrected chi connectivity index (χ4v) is 3.72. The van der Waals surface area contributed by atoms with Gasteiger partial charge in [0.15, 0.2) is 11.5 Å². The molecule has 0 amide bonds. The number of fused-ring (bicyclic) bond motifs is 3. The summed E-state index contributed by atoms with van der Waals surface area (Å²) in [4.78, 5) is 9.28. The highest BCUT2D eigenvalue weighted by Crippen LogP contribution is 2.43. The second-order valence-electron chi connectivity index (χ2n) is 7.55. The number of aromatic hydroxyl groups is 1. The summed E-state index contributed by atoms with van der Waals surface area (Å²) in [5, 5.41) is 13.0. The van der Waals surface area contributed by atoms with Gasteiger partial charge < -0.3 is 19.9 Å². The van der Waals surface area contributed by atoms with Gasteiger partial charge in [-0.25, -0.2) is 9.97 Å². The van der Waals surface area contributed by atoms with E-state index in [1.807, 2.05) is 18.3 Å². The largest absolute Gasteiger partial charge is 0.504 e. The molecule has 0 unspecified atom stereocenters. The van der Waals surface area contributed by atoms with Crippen LogP contribution in [0, 0.1) is 0 Å². The van der Waals surface area contributed by atoms with Crippen molar-refractivity contribution in [1.82, 2.24) is 9.97 Å². The van der Waals surface area contributed by atoms with E-state index in [-0.39, 0.29) is 23.6 Å². The number of benzene rings is 2. The lowest BCUT2D eigenvalue weighted by Crippen LogP contribution is -2.26. The average Bonchev–Trinajstić information content (AvgIpc) is 2.69. The van der Waals surface area contributed by atoms with E-state index in [1.165, 1.54) is 12.7 Å². The Morgan fingerprint density at radius 2 is 1.86 bits per heavy atom. The Hall–Kier alpha value is -2.99. The number of hydrogen-bond acceptors (Lipinski definition) is 6. The van der Waals surface area contributed by atoms with Crippen molar-refractivity contribution in [2.24, 2.45) is 0 Å². The van der Waals surface area contributed by atoms with Gasteiger partial charge in [0.05, 0.1) is 19.9 Å². The van der Waals surface area contributed by atoms with Crippen LogP contribution in [0.4, 0.5) is 11.6 Å². The smallest absolute Gasteiger partial charge is 0.227 e. The van der Waals surface area contributed by atoms with Gasteiger partial charge in [0.1, 0.15) is 5.75 Å². The van der Waals surface area contributed by atoms with E-state index in [9.17, 15) is 5.11 Å². The minimum absolute atomic E-state index is 0. The van der Waals surface area contributed by atoms with Crippen LogP contribution in [0.15, 0.2) is 42.6 Å². The molecule has 0 saturated heterocycles. The van der Waals surface area contributed by atoms with E-state index in [0.29, 0.717) is 11.7 Å². The molecule has 0 bridgehead atoms. The first-order valence-corrected chi connectivity index (χ1v) is 9.10. The number of phenolic OH excluding ortho intramolecular Hbond substituents is 1. The summed E-state index contributed by atoms with van der Waals surface area (Å²) in [6, 6.07) is 11.2. The van der Waals surface area contributed by atoms with Crippen molar-refractivity contribution < 1.29 is 14.6 Å². The third-order valence-corrected chi connectivity index (χ3v) is 5.14. The minimum Gasteiger partial charge on any atom is -0.504 e. The fraction of sp³-hybridized carbons (Fsp3) is 0.273. The van der Waals surface area contributed by atoms with E-state index in [1.54, 1.807) is 25.3 Å². The molecular formula is C22H24ClN3O3. The number of halogens is 1. The zero-order valence-electron chi connectivity index (χ0n) is 16.8. The van der Waals surface area contributed by atoms with Gasteiger partial charge in [-0.1, -0.05) is 19.9 Å². The van der Waals surface area contributed by atoms with Crippen molar-refractivity contribution in [2.45, 2.75) is 25.7 Å². The van der Waals surface area contributed by atoms with Crippen molar-refractivity contribution in [1.29, 1.82) is 0 Å². The first-order valence-electron chi connectivity index (χ1n) is 9.10. The molecule has 0 fully saturated rings. The second-order valence-corrected chi connectivity index (χ2v) is 7.55. The number of nitrogens with zero attached hydrogens (tertiary/aromatic N) is 2. The number of nitrogens with one attached hydrogen (secondary N) is 1. The lowest BCUT2D eigenvalue weighted by molar-refractivity contribution is 0.374. The van der Waals surface area contributed by atoms with E-state index >= 15 is 0 Å². The first kappa shape index (κ1) is 20.7. The van der Waals surface area contributed by atoms with Crippen molar-refractivity contribution >= 4 is 24.0 Å². The van der Waals surface area contributed by atoms with Crippen LogP contribution >= 0.6 is 12.4 Å². The van der Waals surface area contributed by atoms with E-state index in [0.717, 1.165) is 34.7 Å². The summed E-state index contributed by atoms with van der Waals surface area (Å²) in [6.45, 7) is 4.46. The molecule has 0 radical (unpaired) electrons. The van der Waals surface area contributed by atoms with Gasteiger partial charge in [0.2, 0.25) is 5.95 Å². The summed E-state index contributed by atoms with van der Waals surface area (Å²) >= 11 is 0. The van der Waals surface area contributed by atoms with Gasteiger partial charge in [0.25, 0.3) is 0 Å². The van der Waals surface area contributed by atoms with E-state index in [4.69, 9.17) is 14.5 Å². The highest BCUT2D eigenvalue weighted by atomic mass is 35.5. The maximum atomic E-state index is 9.77. The van der Waals surface area contributed by atoms with Gasteiger partial charge in [-0.05, 0) is 47.2 Å². The van der Waals surface area contributed by atoms with Gasteiger partial charge in [0, 0.05) is 23.5 Å². The molecule has 0 spiro atoms. The molecule has 7 heteroatoms. The predicted octanol–water partition coefficient (Wildman–Crippen LogP) is 4.87. The monoisotopic (exact) mass is 413 g/mol. The molecule has 0 aliphatic heterocycles. The highest BCUT2D eigenvalue weighted by Gasteiger charge is 2.32. The van der Waals surface area contributed by atoms with Crippen molar-refractivity contribution in [3.8, 4) is 28.5 Å². The Morgan fingerprint density at radius 3 is 2.59 bits per heavy atom. The van der Waals surface area contributed by atoms with Crippen LogP contribution < -0.4 is 14.8 Å². The van der Waals surface area contributed by atoms with Crippen LogP contribution in [-0.2, 0) is 11.8 Å². The average molecular weight is 414 g/mol. The van der Waals surface area contributed by atoms with Crippen molar-refractivity contribution in [2.75, 3.05) is 19.5 Å². The molecule has 0 atom stereocenters. The Morgan fingerprint density at radius 1 is 1.07 bits per heavy atom. The highest BCUT2D eigenvalue weighted by molar-refractivity contribution is 5.85. The number of aromatic nitrogens is 2. The number of phenols is 1. The maximum absolute atomic E-state index is 9.77. The Bertz CT molecular complexity index is 1050. The van der Waals surface area contributed by atoms with E-state index < -0.39 is 0 Å². The Labute approximate surface area is 176 Å². The molecule has 1 heterocycles. The van der Waals surface area contributed by atoms with Gasteiger partial charge in [-0.15, -0.1) is 12.4 Å². The molecule has 1 aliphatic carbocycles. The molecule has 0 saturated carbocycles. The molecule has 6 nitrogen and oxygen atoms in total. The molecule has 2 aromatic carbocycles. The Kier molecular flexibility index (Phi) is 5.57. The van der Waals surface area contributed by atoms with Crippen LogP contribution in [0.3, 0.4) is 0 Å². The summed E-state index contributed by atoms with van der Waals surface area (Å²) in [6.07, 6.45) is 2.75. The van der Waals surface area contributed by atoms with Crippen LogP contribution in [0.1, 0.15) is 25.0 Å². The molecule has 4 rings (SSSR count). The third kappa shape index (κ3) is 3.80. The number of methoxy groups -OCH3 is 2. The van der Waals surface area contributed by atoms with E-state index in [2.05, 4.69) is 30.2 Å². The molecule has 3 aromatic rings. The second kappa shape index (κ2) is 7.79. The maximum Gasteiger partial charge on any atom is 0.227 e. The van der Waals surface area contributed by atoms with Gasteiger partial charge in [-0.2, -0.15) is 0 Å². The number of ether oxygens (including phenoxy) is 2. The number of anilines is 2. The molecular weight excluding hydrogens is 390 g/mol. The van der Waals surface area contributed by atoms with Gasteiger partial charge >= 0.3 is 0 Å². The third-order valence-electron chi connectivity index (χ3n) is 5.14. The topological polar surface area (TPSA) is 76.5 Å². The van der Waals surface area contributed by atoms with Crippen molar-refractivity contribution in [3.05, 3.63) is 53.7 Å². The first-order chi connectivity index (χ1) is 13.4. The molecule has 1 aromatic heterocycles. The summed E-state index contributed by atoms with van der Waals surface area (Å²) in [5.41, 5.74) is 5.07. The summed E-state index contributed by atoms with van der Waals surface area (Å²) in [5.74, 6) is 1.77. The molecule has 29 heavy (non-hydrogen) atoms. The molecule has 1 aliphatic rings. The van der Waals surface area contributed by atoms with Crippen LogP contribution in [-0.4, -0.2) is 29.3 Å². The normalized spacial score (nSPS) is 13.5. The van der Waals surface area contributed by atoms with Crippen LogP contribution in [0.5, 0.6) is 17.2 Å². The number of hydrogen-bond donors (Lipinski definition) is 2. The molecule has 152 valence electrons. The van der Waals surface area contributed by atoms with Gasteiger partial charge in [-0.3, -0.25) is 0 Å². The van der Waals surface area contributed by atoms with Crippen molar-refractivity contribution in [3.63, 3.8) is 0 Å². The van der Waals surface area contributed by atoms with Crippen LogP contribution in [0.25, 0.3) is 11.3 Å². The SMILES string of the molecule is COc1ccc2c(c1)-c1nc(Nc3ccc(O)c(OC)c3)ncc1CC2(C)C.Cl. The standard InChI is InChI=1S/C22H23N3O3.ClH/c1-22(2)11-13-12-23-21(24-14-5-8-18(26)19(9-14)28-4)25-20(13)16-10-15(27-3)6-7-17(16)22;/h5-10,12,26H,11H2,1-4H3,(H,23,24,25);1H. The lowest BCUT2D eigenvalue weighted by atomic mass is 9.72. The Balaban J connectivity index is 0.00000240. The quantitative estimate of drug-likeness (QED) is 0.594. The fourth-order valence-electron chi connectivity index (χ4n) is 3.72. The zero-order chi connectivity index (χ0) is 19.9. The summed E-state index contributed by atoms with van der Waals surface area (Å²) in [7, 11) is 3.18. The number of rotatable bonds is 4. The zero-order valence-corrected chi connectivity index (χ0v) is 17.6. The van der Waals surface area contributed by atoms with Crippen LogP contribution in [0.2, 0.25) is 0 Å². The molecule has 2 N–H and O–H groups in total.